The van der Waals surface area contributed by atoms with Gasteiger partial charge in [0, 0.05) is 21.4 Å². The molecule has 3 N–H and O–H groups in total. The number of fused-ring (bicyclic) bond motifs is 1. The van der Waals surface area contributed by atoms with E-state index < -0.39 is 5.97 Å². The summed E-state index contributed by atoms with van der Waals surface area (Å²) in [5.41, 5.74) is 9.01. The van der Waals surface area contributed by atoms with Crippen molar-refractivity contribution in [2.24, 2.45) is 0 Å². The molecular weight excluding hydrogens is 368 g/mol. The number of carboxylic acid groups (broad SMARTS) is 1. The number of methoxy groups -OCH3 is 1. The van der Waals surface area contributed by atoms with E-state index in [-0.39, 0.29) is 10.6 Å². The second-order valence-corrected chi connectivity index (χ2v) is 7.54. The summed E-state index contributed by atoms with van der Waals surface area (Å²) in [5.74, 6) is -0.268. The first-order valence-corrected chi connectivity index (χ1v) is 9.42. The standard InChI is InChI=1S/C19H14N2O3S2/c1-24-11-6-4-10(5-7-11)13-9-12(14-3-2-8-25-14)15-16(20)17(19(22)23)26-18(15)21-13/h2-9H,20H2,1H3,(H,22,23). The summed E-state index contributed by atoms with van der Waals surface area (Å²) in [7, 11) is 1.62. The summed E-state index contributed by atoms with van der Waals surface area (Å²) >= 11 is 2.69. The van der Waals surface area contributed by atoms with Crippen LogP contribution in [0.1, 0.15) is 9.67 Å². The van der Waals surface area contributed by atoms with Crippen LogP contribution in [0.25, 0.3) is 31.9 Å². The number of benzene rings is 1. The van der Waals surface area contributed by atoms with E-state index in [9.17, 15) is 9.90 Å². The third-order valence-electron chi connectivity index (χ3n) is 4.07. The van der Waals surface area contributed by atoms with Gasteiger partial charge >= 0.3 is 5.97 Å². The third kappa shape index (κ3) is 2.71. The predicted molar refractivity (Wildman–Crippen MR) is 106 cm³/mol. The van der Waals surface area contributed by atoms with Gasteiger partial charge < -0.3 is 15.6 Å². The van der Waals surface area contributed by atoms with Gasteiger partial charge in [0.2, 0.25) is 0 Å². The first-order valence-electron chi connectivity index (χ1n) is 7.73. The Hall–Kier alpha value is -2.90. The van der Waals surface area contributed by atoms with E-state index in [1.165, 1.54) is 0 Å². The van der Waals surface area contributed by atoms with Gasteiger partial charge in [0.15, 0.2) is 0 Å². The van der Waals surface area contributed by atoms with Crippen molar-refractivity contribution in [3.63, 3.8) is 0 Å². The van der Waals surface area contributed by atoms with Crippen LogP contribution in [0.15, 0.2) is 47.8 Å². The Bertz CT molecular complexity index is 1100. The first-order chi connectivity index (χ1) is 12.6. The maximum Gasteiger partial charge on any atom is 0.348 e. The second kappa shape index (κ2) is 6.44. The number of thiophene rings is 2. The Balaban J connectivity index is 1.99. The third-order valence-corrected chi connectivity index (χ3v) is 6.06. The number of nitrogens with zero attached hydrogens (tertiary/aromatic N) is 1. The minimum atomic E-state index is -1.03. The average molecular weight is 382 g/mol. The Kier molecular flexibility index (Phi) is 4.10. The quantitative estimate of drug-likeness (QED) is 0.520. The maximum atomic E-state index is 11.5. The number of pyridine rings is 1. The zero-order valence-corrected chi connectivity index (χ0v) is 15.4. The Labute approximate surface area is 157 Å². The van der Waals surface area contributed by atoms with Crippen LogP contribution in [-0.2, 0) is 0 Å². The van der Waals surface area contributed by atoms with Gasteiger partial charge in [-0.3, -0.25) is 0 Å². The lowest BCUT2D eigenvalue weighted by Crippen LogP contribution is -1.97. The van der Waals surface area contributed by atoms with E-state index in [1.807, 2.05) is 47.8 Å². The van der Waals surface area contributed by atoms with Crippen LogP contribution < -0.4 is 10.5 Å². The lowest BCUT2D eigenvalue weighted by atomic mass is 10.0. The van der Waals surface area contributed by atoms with Gasteiger partial charge in [-0.2, -0.15) is 0 Å². The number of carbonyl (C=O) groups is 1. The van der Waals surface area contributed by atoms with Crippen molar-refractivity contribution in [1.29, 1.82) is 0 Å². The lowest BCUT2D eigenvalue weighted by Gasteiger charge is -2.08. The van der Waals surface area contributed by atoms with E-state index in [0.717, 1.165) is 38.8 Å². The lowest BCUT2D eigenvalue weighted by molar-refractivity contribution is 0.0703. The molecule has 1 aromatic carbocycles. The minimum absolute atomic E-state index is 0.122. The fraction of sp³-hybridized carbons (Fsp3) is 0.0526. The molecule has 0 radical (unpaired) electrons. The van der Waals surface area contributed by atoms with Crippen molar-refractivity contribution in [3.8, 4) is 27.4 Å². The van der Waals surface area contributed by atoms with Crippen LogP contribution >= 0.6 is 22.7 Å². The molecule has 3 heterocycles. The molecule has 0 saturated carbocycles. The smallest absolute Gasteiger partial charge is 0.348 e. The molecule has 0 amide bonds. The van der Waals surface area contributed by atoms with E-state index in [4.69, 9.17) is 10.5 Å². The summed E-state index contributed by atoms with van der Waals surface area (Å²) in [6.45, 7) is 0. The largest absolute Gasteiger partial charge is 0.497 e. The monoisotopic (exact) mass is 382 g/mol. The fourth-order valence-corrected chi connectivity index (χ4v) is 4.52. The highest BCUT2D eigenvalue weighted by atomic mass is 32.1. The molecule has 4 aromatic rings. The summed E-state index contributed by atoms with van der Waals surface area (Å²) < 4.78 is 5.20. The molecule has 3 aromatic heterocycles. The van der Waals surface area contributed by atoms with Crippen LogP contribution in [0, 0.1) is 0 Å². The Morgan fingerprint density at radius 1 is 1.23 bits per heavy atom. The molecule has 0 atom stereocenters. The molecule has 7 heteroatoms. The zero-order chi connectivity index (χ0) is 18.3. The normalized spacial score (nSPS) is 11.0. The number of aromatic carboxylic acids is 1. The van der Waals surface area contributed by atoms with Crippen molar-refractivity contribution >= 4 is 44.5 Å². The van der Waals surface area contributed by atoms with Crippen molar-refractivity contribution < 1.29 is 14.6 Å². The molecule has 0 aliphatic carbocycles. The van der Waals surface area contributed by atoms with Gasteiger partial charge in [0.05, 0.1) is 18.5 Å². The molecule has 130 valence electrons. The topological polar surface area (TPSA) is 85.4 Å². The van der Waals surface area contributed by atoms with Gasteiger partial charge in [-0.25, -0.2) is 9.78 Å². The number of nitrogens with two attached hydrogens (primary N) is 1. The summed E-state index contributed by atoms with van der Waals surface area (Å²) in [5, 5.41) is 12.1. The molecule has 5 nitrogen and oxygen atoms in total. The number of rotatable bonds is 4. The maximum absolute atomic E-state index is 11.5. The van der Waals surface area contributed by atoms with Crippen molar-refractivity contribution in [2.45, 2.75) is 0 Å². The molecule has 0 saturated heterocycles. The van der Waals surface area contributed by atoms with Crippen molar-refractivity contribution in [3.05, 3.63) is 52.7 Å². The number of carboxylic acids is 1. The summed E-state index contributed by atoms with van der Waals surface area (Å²) in [6, 6.07) is 13.5. The number of aromatic nitrogens is 1. The van der Waals surface area contributed by atoms with Crippen molar-refractivity contribution in [1.82, 2.24) is 4.98 Å². The minimum Gasteiger partial charge on any atom is -0.497 e. The van der Waals surface area contributed by atoms with Gasteiger partial charge in [0.25, 0.3) is 0 Å². The summed E-state index contributed by atoms with van der Waals surface area (Å²) in [6.07, 6.45) is 0. The molecule has 4 rings (SSSR count). The molecule has 0 aliphatic rings. The number of hydrogen-bond donors (Lipinski definition) is 2. The first kappa shape index (κ1) is 16.6. The van der Waals surface area contributed by atoms with Crippen LogP contribution in [0.4, 0.5) is 5.69 Å². The number of nitrogen functional groups attached to an aromatic ring is 1. The number of anilines is 1. The van der Waals surface area contributed by atoms with E-state index in [1.54, 1.807) is 18.4 Å². The molecule has 0 aliphatic heterocycles. The fourth-order valence-electron chi connectivity index (χ4n) is 2.82. The molecular formula is C19H14N2O3S2. The van der Waals surface area contributed by atoms with Crippen LogP contribution in [0.3, 0.4) is 0 Å². The molecule has 0 fully saturated rings. The Morgan fingerprint density at radius 3 is 2.62 bits per heavy atom. The average Bonchev–Trinajstić information content (AvgIpc) is 3.29. The van der Waals surface area contributed by atoms with Gasteiger partial charge in [0.1, 0.15) is 15.5 Å². The number of hydrogen-bond acceptors (Lipinski definition) is 6. The highest BCUT2D eigenvalue weighted by Gasteiger charge is 2.21. The zero-order valence-electron chi connectivity index (χ0n) is 13.7. The highest BCUT2D eigenvalue weighted by Crippen LogP contribution is 2.42. The van der Waals surface area contributed by atoms with Gasteiger partial charge in [-0.05, 0) is 41.8 Å². The highest BCUT2D eigenvalue weighted by molar-refractivity contribution is 7.21. The molecule has 26 heavy (non-hydrogen) atoms. The van der Waals surface area contributed by atoms with Crippen LogP contribution in [0.5, 0.6) is 5.75 Å². The molecule has 0 spiro atoms. The van der Waals surface area contributed by atoms with Crippen LogP contribution in [-0.4, -0.2) is 23.2 Å². The molecule has 0 unspecified atom stereocenters. The second-order valence-electron chi connectivity index (χ2n) is 5.59. The Morgan fingerprint density at radius 2 is 2.00 bits per heavy atom. The number of ether oxygens (including phenoxy) is 1. The predicted octanol–water partition coefficient (Wildman–Crippen LogP) is 4.98. The van der Waals surface area contributed by atoms with Gasteiger partial charge in [-0.1, -0.05) is 6.07 Å². The SMILES string of the molecule is COc1ccc(-c2cc(-c3cccs3)c3c(N)c(C(=O)O)sc3n2)cc1. The van der Waals surface area contributed by atoms with Crippen molar-refractivity contribution in [2.75, 3.05) is 12.8 Å². The van der Waals surface area contributed by atoms with Gasteiger partial charge in [-0.15, -0.1) is 22.7 Å². The van der Waals surface area contributed by atoms with Crippen LogP contribution in [0.2, 0.25) is 0 Å². The van der Waals surface area contributed by atoms with E-state index in [0.29, 0.717) is 10.2 Å². The molecule has 0 bridgehead atoms. The van der Waals surface area contributed by atoms with E-state index >= 15 is 0 Å². The summed E-state index contributed by atoms with van der Waals surface area (Å²) in [4.78, 5) is 17.9. The van der Waals surface area contributed by atoms with E-state index in [2.05, 4.69) is 4.98 Å².